The molecule has 0 aliphatic rings. The molecule has 0 unspecified atom stereocenters. The molecule has 0 aliphatic heterocycles. The summed E-state index contributed by atoms with van der Waals surface area (Å²) in [6.07, 6.45) is 5.11. The molecule has 0 fully saturated rings. The van der Waals surface area contributed by atoms with Crippen LogP contribution in [0.3, 0.4) is 0 Å². The number of nitrogens with one attached hydrogen (secondary N) is 1. The lowest BCUT2D eigenvalue weighted by Gasteiger charge is -2.09. The molecule has 0 saturated carbocycles. The predicted octanol–water partition coefficient (Wildman–Crippen LogP) is 4.71. The van der Waals surface area contributed by atoms with Crippen molar-refractivity contribution in [2.45, 2.75) is 6.61 Å². The third-order valence-electron chi connectivity index (χ3n) is 4.09. The van der Waals surface area contributed by atoms with Gasteiger partial charge in [-0.3, -0.25) is 10.1 Å². The van der Waals surface area contributed by atoms with E-state index >= 15 is 0 Å². The number of pyridine rings is 1. The summed E-state index contributed by atoms with van der Waals surface area (Å²) in [4.78, 5) is 4.01. The SMILES string of the molecule is N#Cc1ccc(Oc2cn[nH]c2-c2cccc(OCc3ccncc3)c2)cc1. The molecule has 2 aromatic heterocycles. The summed E-state index contributed by atoms with van der Waals surface area (Å²) < 4.78 is 11.8. The number of nitrogens with zero attached hydrogens (tertiary/aromatic N) is 3. The van der Waals surface area contributed by atoms with E-state index in [2.05, 4.69) is 21.3 Å². The summed E-state index contributed by atoms with van der Waals surface area (Å²) in [6, 6.07) is 20.6. The van der Waals surface area contributed by atoms with Gasteiger partial charge < -0.3 is 9.47 Å². The lowest BCUT2D eigenvalue weighted by molar-refractivity contribution is 0.306. The number of aromatic nitrogens is 3. The summed E-state index contributed by atoms with van der Waals surface area (Å²) in [5.41, 5.74) is 3.28. The molecule has 0 aliphatic carbocycles. The Balaban J connectivity index is 1.51. The van der Waals surface area contributed by atoms with Crippen molar-refractivity contribution in [3.63, 3.8) is 0 Å². The Morgan fingerprint density at radius 1 is 0.964 bits per heavy atom. The van der Waals surface area contributed by atoms with Gasteiger partial charge in [0, 0.05) is 18.0 Å². The van der Waals surface area contributed by atoms with Crippen molar-refractivity contribution in [1.82, 2.24) is 15.2 Å². The fraction of sp³-hybridized carbons (Fsp3) is 0.0455. The first-order chi connectivity index (χ1) is 13.8. The molecule has 2 heterocycles. The molecule has 0 saturated heterocycles. The highest BCUT2D eigenvalue weighted by molar-refractivity contribution is 5.67. The normalized spacial score (nSPS) is 10.2. The second kappa shape index (κ2) is 8.06. The quantitative estimate of drug-likeness (QED) is 0.533. The standard InChI is InChI=1S/C22H16N4O2/c23-13-16-4-6-19(7-5-16)28-21-14-25-26-22(21)18-2-1-3-20(12-18)27-15-17-8-10-24-11-9-17/h1-12,14H,15H2,(H,25,26). The van der Waals surface area contributed by atoms with E-state index in [1.54, 1.807) is 42.9 Å². The van der Waals surface area contributed by atoms with Crippen LogP contribution in [-0.4, -0.2) is 15.2 Å². The number of rotatable bonds is 6. The summed E-state index contributed by atoms with van der Waals surface area (Å²) in [6.45, 7) is 0.462. The van der Waals surface area contributed by atoms with Crippen LogP contribution in [0, 0.1) is 11.3 Å². The molecule has 28 heavy (non-hydrogen) atoms. The van der Waals surface area contributed by atoms with Gasteiger partial charge in [-0.25, -0.2) is 0 Å². The minimum Gasteiger partial charge on any atom is -0.489 e. The minimum atomic E-state index is 0.462. The largest absolute Gasteiger partial charge is 0.489 e. The number of H-pyrrole nitrogens is 1. The van der Waals surface area contributed by atoms with Gasteiger partial charge in [-0.2, -0.15) is 10.4 Å². The molecular formula is C22H16N4O2. The molecule has 0 bridgehead atoms. The van der Waals surface area contributed by atoms with Gasteiger partial charge >= 0.3 is 0 Å². The van der Waals surface area contributed by atoms with Crippen LogP contribution in [0.5, 0.6) is 17.2 Å². The Morgan fingerprint density at radius 2 is 1.79 bits per heavy atom. The van der Waals surface area contributed by atoms with E-state index in [0.29, 0.717) is 23.7 Å². The summed E-state index contributed by atoms with van der Waals surface area (Å²) in [5, 5.41) is 16.0. The Labute approximate surface area is 162 Å². The van der Waals surface area contributed by atoms with Gasteiger partial charge in [0.05, 0.1) is 17.8 Å². The van der Waals surface area contributed by atoms with E-state index in [1.807, 2.05) is 36.4 Å². The van der Waals surface area contributed by atoms with E-state index in [9.17, 15) is 0 Å². The van der Waals surface area contributed by atoms with Gasteiger partial charge in [-0.1, -0.05) is 12.1 Å². The fourth-order valence-electron chi connectivity index (χ4n) is 2.67. The van der Waals surface area contributed by atoms with E-state index in [4.69, 9.17) is 14.7 Å². The lowest BCUT2D eigenvalue weighted by Crippen LogP contribution is -1.95. The molecule has 6 heteroatoms. The van der Waals surface area contributed by atoms with Gasteiger partial charge in [-0.05, 0) is 54.1 Å². The van der Waals surface area contributed by atoms with Gasteiger partial charge in [0.1, 0.15) is 23.8 Å². The number of aromatic amines is 1. The number of ether oxygens (including phenoxy) is 2. The number of nitriles is 1. The molecular weight excluding hydrogens is 352 g/mol. The molecule has 0 radical (unpaired) electrons. The highest BCUT2D eigenvalue weighted by atomic mass is 16.5. The average molecular weight is 368 g/mol. The van der Waals surface area contributed by atoms with E-state index in [-0.39, 0.29) is 0 Å². The Kier molecular flexibility index (Phi) is 4.98. The molecule has 0 spiro atoms. The average Bonchev–Trinajstić information content (AvgIpc) is 3.22. The first kappa shape index (κ1) is 17.3. The first-order valence-corrected chi connectivity index (χ1v) is 8.65. The highest BCUT2D eigenvalue weighted by Crippen LogP contribution is 2.33. The molecule has 4 aromatic rings. The van der Waals surface area contributed by atoms with Crippen LogP contribution < -0.4 is 9.47 Å². The van der Waals surface area contributed by atoms with Crippen LogP contribution in [0.1, 0.15) is 11.1 Å². The van der Waals surface area contributed by atoms with Gasteiger partial charge in [0.15, 0.2) is 5.75 Å². The van der Waals surface area contributed by atoms with E-state index in [0.717, 1.165) is 22.6 Å². The predicted molar refractivity (Wildman–Crippen MR) is 104 cm³/mol. The van der Waals surface area contributed by atoms with Crippen LogP contribution in [0.4, 0.5) is 0 Å². The smallest absolute Gasteiger partial charge is 0.172 e. The maximum atomic E-state index is 8.90. The molecule has 0 atom stereocenters. The Bertz CT molecular complexity index is 1100. The fourth-order valence-corrected chi connectivity index (χ4v) is 2.67. The molecule has 4 rings (SSSR count). The Hall–Kier alpha value is -4.11. The lowest BCUT2D eigenvalue weighted by atomic mass is 10.1. The molecule has 2 aromatic carbocycles. The zero-order valence-electron chi connectivity index (χ0n) is 14.9. The van der Waals surface area contributed by atoms with Crippen LogP contribution in [0.2, 0.25) is 0 Å². The zero-order valence-corrected chi connectivity index (χ0v) is 14.9. The van der Waals surface area contributed by atoms with E-state index in [1.165, 1.54) is 0 Å². The maximum absolute atomic E-state index is 8.90. The van der Waals surface area contributed by atoms with E-state index < -0.39 is 0 Å². The minimum absolute atomic E-state index is 0.462. The molecule has 1 N–H and O–H groups in total. The van der Waals surface area contributed by atoms with Crippen molar-refractivity contribution < 1.29 is 9.47 Å². The molecule has 6 nitrogen and oxygen atoms in total. The van der Waals surface area contributed by atoms with Crippen molar-refractivity contribution in [3.05, 3.63) is 90.4 Å². The van der Waals surface area contributed by atoms with Crippen LogP contribution >= 0.6 is 0 Å². The second-order valence-electron chi connectivity index (χ2n) is 6.02. The number of hydrogen-bond donors (Lipinski definition) is 1. The van der Waals surface area contributed by atoms with Crippen molar-refractivity contribution in [3.8, 4) is 34.6 Å². The highest BCUT2D eigenvalue weighted by Gasteiger charge is 2.11. The summed E-state index contributed by atoms with van der Waals surface area (Å²) in [5.74, 6) is 1.97. The number of benzene rings is 2. The third-order valence-corrected chi connectivity index (χ3v) is 4.09. The van der Waals surface area contributed by atoms with Crippen LogP contribution in [-0.2, 0) is 6.61 Å². The third kappa shape index (κ3) is 4.00. The topological polar surface area (TPSA) is 83.8 Å². The van der Waals surface area contributed by atoms with Gasteiger partial charge in [0.2, 0.25) is 0 Å². The Morgan fingerprint density at radius 3 is 2.57 bits per heavy atom. The van der Waals surface area contributed by atoms with Gasteiger partial charge in [-0.15, -0.1) is 0 Å². The number of hydrogen-bond acceptors (Lipinski definition) is 5. The van der Waals surface area contributed by atoms with Crippen molar-refractivity contribution in [2.75, 3.05) is 0 Å². The summed E-state index contributed by atoms with van der Waals surface area (Å²) >= 11 is 0. The van der Waals surface area contributed by atoms with Crippen molar-refractivity contribution >= 4 is 0 Å². The van der Waals surface area contributed by atoms with Crippen LogP contribution in [0.15, 0.2) is 79.3 Å². The van der Waals surface area contributed by atoms with Gasteiger partial charge in [0.25, 0.3) is 0 Å². The second-order valence-corrected chi connectivity index (χ2v) is 6.02. The molecule has 136 valence electrons. The molecule has 0 amide bonds. The zero-order chi connectivity index (χ0) is 19.2. The first-order valence-electron chi connectivity index (χ1n) is 8.65. The maximum Gasteiger partial charge on any atom is 0.172 e. The monoisotopic (exact) mass is 368 g/mol. The summed E-state index contributed by atoms with van der Waals surface area (Å²) in [7, 11) is 0. The van der Waals surface area contributed by atoms with Crippen molar-refractivity contribution in [1.29, 1.82) is 5.26 Å². The van der Waals surface area contributed by atoms with Crippen LogP contribution in [0.25, 0.3) is 11.3 Å². The van der Waals surface area contributed by atoms with Crippen molar-refractivity contribution in [2.24, 2.45) is 0 Å².